The number of nitrogens with zero attached hydrogens (tertiary/aromatic N) is 6. The predicted octanol–water partition coefficient (Wildman–Crippen LogP) is 1.87. The van der Waals surface area contributed by atoms with Crippen molar-refractivity contribution < 1.29 is 0 Å². The van der Waals surface area contributed by atoms with Crippen LogP contribution in [0.15, 0.2) is 0 Å². The molecule has 9 heteroatoms. The lowest BCUT2D eigenvalue weighted by atomic mass is 9.80. The molecule has 0 spiro atoms. The molecule has 0 aromatic rings. The van der Waals surface area contributed by atoms with E-state index in [1.165, 1.54) is 123 Å². The molecule has 6 atom stereocenters. The molecule has 0 amide bonds. The third-order valence-electron chi connectivity index (χ3n) is 12.7. The van der Waals surface area contributed by atoms with Gasteiger partial charge in [0, 0.05) is 108 Å². The van der Waals surface area contributed by atoms with E-state index in [1.807, 2.05) is 0 Å². The highest BCUT2D eigenvalue weighted by Gasteiger charge is 2.36. The minimum atomic E-state index is 0.806. The third kappa shape index (κ3) is 7.71. The molecule has 12 rings (SSSR count). The van der Waals surface area contributed by atoms with Gasteiger partial charge in [-0.1, -0.05) is 0 Å². The van der Waals surface area contributed by atoms with Crippen molar-refractivity contribution in [2.45, 2.75) is 125 Å². The number of piperidine rings is 5. The summed E-state index contributed by atoms with van der Waals surface area (Å²) in [4.78, 5) is 7.46. The van der Waals surface area contributed by atoms with Gasteiger partial charge < -0.3 is 25.3 Å². The van der Waals surface area contributed by atoms with E-state index in [1.54, 1.807) is 0 Å². The lowest BCUT2D eigenvalue weighted by molar-refractivity contribution is 0.0727. The van der Waals surface area contributed by atoms with Gasteiger partial charge in [0.25, 0.3) is 0 Å². The summed E-state index contributed by atoms with van der Waals surface area (Å²) in [6.45, 7) is 8.98. The fourth-order valence-corrected chi connectivity index (χ4v) is 9.62. The second-order valence-corrected chi connectivity index (χ2v) is 15.5. The zero-order valence-corrected chi connectivity index (χ0v) is 27.8. The summed E-state index contributed by atoms with van der Waals surface area (Å²) in [5, 5.41) is 14.0. The molecule has 10 bridgehead atoms. The van der Waals surface area contributed by atoms with Crippen LogP contribution in [0.25, 0.3) is 0 Å². The highest BCUT2D eigenvalue weighted by atomic mass is 15.7. The van der Waals surface area contributed by atoms with Crippen molar-refractivity contribution in [1.82, 2.24) is 45.8 Å². The summed E-state index contributed by atoms with van der Waals surface area (Å²) in [5.41, 5.74) is 3.39. The number of nitrogens with one attached hydrogen (secondary N) is 3. The van der Waals surface area contributed by atoms with E-state index in [9.17, 15) is 0 Å². The lowest BCUT2D eigenvalue weighted by Crippen LogP contribution is -2.59. The first kappa shape index (κ1) is 31.6. The van der Waals surface area contributed by atoms with Gasteiger partial charge in [-0.2, -0.15) is 0 Å². The average Bonchev–Trinajstić information content (AvgIpc) is 3.88. The summed E-state index contributed by atoms with van der Waals surface area (Å²) in [7, 11) is 11.1. The molecular weight excluding hydrogens is 522 g/mol. The van der Waals surface area contributed by atoms with E-state index in [2.05, 4.69) is 81.0 Å². The van der Waals surface area contributed by atoms with E-state index in [-0.39, 0.29) is 0 Å². The average molecular weight is 588 g/mol. The number of fused-ring (bicyclic) bond motifs is 12. The Hall–Kier alpha value is -0.360. The molecule has 0 radical (unpaired) electrons. The smallest absolute Gasteiger partial charge is 0.0268 e. The van der Waals surface area contributed by atoms with Gasteiger partial charge in [-0.15, -0.1) is 0 Å². The molecule has 6 unspecified atom stereocenters. The fourth-order valence-electron chi connectivity index (χ4n) is 9.62. The van der Waals surface area contributed by atoms with E-state index >= 15 is 0 Å². The Morgan fingerprint density at radius 3 is 1.26 bits per heavy atom. The zero-order chi connectivity index (χ0) is 29.2. The first-order chi connectivity index (χ1) is 20.3. The van der Waals surface area contributed by atoms with Crippen molar-refractivity contribution in [1.29, 1.82) is 0 Å². The van der Waals surface area contributed by atoms with Crippen LogP contribution in [-0.4, -0.2) is 159 Å². The lowest BCUT2D eigenvalue weighted by Gasteiger charge is -2.44. The second kappa shape index (κ2) is 14.4. The van der Waals surface area contributed by atoms with Crippen molar-refractivity contribution in [3.63, 3.8) is 0 Å². The van der Waals surface area contributed by atoms with Gasteiger partial charge in [0.2, 0.25) is 0 Å². The van der Waals surface area contributed by atoms with Crippen LogP contribution in [0.5, 0.6) is 0 Å². The summed E-state index contributed by atoms with van der Waals surface area (Å²) in [6.07, 6.45) is 17.2. The Morgan fingerprint density at radius 1 is 0.476 bits per heavy atom. The van der Waals surface area contributed by atoms with E-state index < -0.39 is 0 Å². The molecule has 0 aromatic carbocycles. The standard InChI is InChI=1S/C8H15N.C7H14N2.3C6H12N2/c1-9-6-7-2-4-8(9)5-3-7;1-9-5-6-2-3-7(9)4-8-6;1-8-4-5-2-6(8)3-7-5;1-7-6-2-4-8(7)5-3-6;1-8-6-3-2-5(4-6)7-8/h7-8H,2-6H2,1H3;6-8H,2-5H2,1H3;5-7H,2-4H2,1H3;6H,2-5H2,1H3;5-7H,2-4H2,1H3. The van der Waals surface area contributed by atoms with Crippen LogP contribution in [0, 0.1) is 5.92 Å². The van der Waals surface area contributed by atoms with E-state index in [0.717, 1.165) is 54.3 Å². The minimum Gasteiger partial charge on any atom is -0.311 e. The topological polar surface area (TPSA) is 55.5 Å². The maximum Gasteiger partial charge on any atom is 0.0268 e. The van der Waals surface area contributed by atoms with Gasteiger partial charge in [-0.3, -0.25) is 5.43 Å². The van der Waals surface area contributed by atoms with Crippen molar-refractivity contribution in [3.05, 3.63) is 0 Å². The van der Waals surface area contributed by atoms with Crippen molar-refractivity contribution >= 4 is 0 Å². The first-order valence-corrected chi connectivity index (χ1v) is 17.9. The van der Waals surface area contributed by atoms with Crippen LogP contribution < -0.4 is 16.1 Å². The second-order valence-electron chi connectivity index (χ2n) is 15.5. The molecule has 42 heavy (non-hydrogen) atoms. The highest BCUT2D eigenvalue weighted by Crippen LogP contribution is 2.33. The van der Waals surface area contributed by atoms with Crippen LogP contribution in [0.4, 0.5) is 0 Å². The van der Waals surface area contributed by atoms with Crippen molar-refractivity contribution in [2.75, 3.05) is 81.1 Å². The van der Waals surface area contributed by atoms with Gasteiger partial charge in [0.15, 0.2) is 0 Å². The molecular formula is C33H65N9. The molecule has 242 valence electrons. The summed E-state index contributed by atoms with van der Waals surface area (Å²) >= 11 is 0. The monoisotopic (exact) mass is 588 g/mol. The van der Waals surface area contributed by atoms with Crippen LogP contribution in [0.2, 0.25) is 0 Å². The number of piperazine rings is 2. The maximum absolute atomic E-state index is 3.51. The Balaban J connectivity index is 0.0000000940. The van der Waals surface area contributed by atoms with Gasteiger partial charge in [-0.25, -0.2) is 15.0 Å². The molecule has 10 heterocycles. The predicted molar refractivity (Wildman–Crippen MR) is 173 cm³/mol. The number of hydrogen-bond acceptors (Lipinski definition) is 9. The highest BCUT2D eigenvalue weighted by molar-refractivity contribution is 4.95. The number of hydrazine groups is 2. The molecule has 10 saturated heterocycles. The van der Waals surface area contributed by atoms with Gasteiger partial charge >= 0.3 is 0 Å². The normalized spacial score (nSPS) is 45.1. The summed E-state index contributed by atoms with van der Waals surface area (Å²) in [6, 6.07) is 6.87. The Kier molecular flexibility index (Phi) is 10.8. The molecule has 10 aliphatic heterocycles. The Labute approximate surface area is 258 Å². The number of rotatable bonds is 0. The molecule has 9 nitrogen and oxygen atoms in total. The maximum atomic E-state index is 3.51. The molecule has 2 saturated carbocycles. The van der Waals surface area contributed by atoms with Crippen molar-refractivity contribution in [3.8, 4) is 0 Å². The minimum absolute atomic E-state index is 0.806. The van der Waals surface area contributed by atoms with Crippen LogP contribution in [-0.2, 0) is 0 Å². The number of likely N-dealkylation sites (tertiary alicyclic amines) is 1. The first-order valence-electron chi connectivity index (χ1n) is 17.9. The van der Waals surface area contributed by atoms with Gasteiger partial charge in [0.1, 0.15) is 0 Å². The zero-order valence-electron chi connectivity index (χ0n) is 27.8. The summed E-state index contributed by atoms with van der Waals surface area (Å²) < 4.78 is 0. The molecule has 12 aliphatic rings. The Morgan fingerprint density at radius 2 is 1.05 bits per heavy atom. The van der Waals surface area contributed by atoms with E-state index in [4.69, 9.17) is 0 Å². The van der Waals surface area contributed by atoms with Crippen molar-refractivity contribution in [2.24, 2.45) is 5.92 Å². The summed E-state index contributed by atoms with van der Waals surface area (Å²) in [5.74, 6) is 1.06. The molecule has 2 aliphatic carbocycles. The molecule has 3 N–H and O–H groups in total. The van der Waals surface area contributed by atoms with E-state index in [0.29, 0.717) is 0 Å². The number of hydrogen-bond donors (Lipinski definition) is 3. The van der Waals surface area contributed by atoms with Crippen LogP contribution in [0.1, 0.15) is 77.0 Å². The molecule has 12 fully saturated rings. The van der Waals surface area contributed by atoms with Crippen LogP contribution in [0.3, 0.4) is 0 Å². The fraction of sp³-hybridized carbons (Fsp3) is 1.00. The van der Waals surface area contributed by atoms with Gasteiger partial charge in [0.05, 0.1) is 0 Å². The van der Waals surface area contributed by atoms with Crippen LogP contribution >= 0.6 is 0 Å². The molecule has 0 aromatic heterocycles. The third-order valence-corrected chi connectivity index (χ3v) is 12.7. The SMILES string of the molecule is CN1C2CCN1CC2.CN1CC2CC1CN2.CN1CC2CCC1CC2.CN1CC2CCC1CN2.CN1NC2CCC1C2. The quantitative estimate of drug-likeness (QED) is 0.395. The van der Waals surface area contributed by atoms with Gasteiger partial charge in [-0.05, 0) is 104 Å². The Bertz CT molecular complexity index is 750. The number of likely N-dealkylation sites (N-methyl/N-ethyl adjacent to an activating group) is 2. The largest absolute Gasteiger partial charge is 0.311 e.